The number of sulfone groups is 1. The summed E-state index contributed by atoms with van der Waals surface area (Å²) in [6.45, 7) is 0. The highest BCUT2D eigenvalue weighted by molar-refractivity contribution is 9.10. The molecule has 2 aromatic carbocycles. The number of carbonyl (C=O) groups excluding carboxylic acids is 1. The van der Waals surface area contributed by atoms with Gasteiger partial charge in [0.2, 0.25) is 0 Å². The minimum Gasteiger partial charge on any atom is -0.293 e. The Hall–Kier alpha value is -0.980. The van der Waals surface area contributed by atoms with Gasteiger partial charge in [-0.2, -0.15) is 0 Å². The monoisotopic (exact) mass is 416 g/mol. The van der Waals surface area contributed by atoms with Crippen LogP contribution in [0.4, 0.5) is 0 Å². The van der Waals surface area contributed by atoms with Gasteiger partial charge in [-0.3, -0.25) is 4.79 Å². The minimum absolute atomic E-state index is 0.140. The van der Waals surface area contributed by atoms with Crippen LogP contribution >= 0.6 is 31.9 Å². The largest absolute Gasteiger partial charge is 0.293 e. The zero-order valence-corrected chi connectivity index (χ0v) is 14.2. The fourth-order valence-corrected chi connectivity index (χ4v) is 3.65. The topological polar surface area (TPSA) is 51.2 Å². The molecule has 0 bridgehead atoms. The summed E-state index contributed by atoms with van der Waals surface area (Å²) >= 11 is 6.49. The van der Waals surface area contributed by atoms with Crippen LogP contribution in [0.25, 0.3) is 0 Å². The fraction of sp³-hybridized carbons (Fsp3) is 0.0714. The lowest BCUT2D eigenvalue weighted by atomic mass is 10.1. The summed E-state index contributed by atoms with van der Waals surface area (Å²) in [5, 5.41) is 0. The Labute approximate surface area is 134 Å². The van der Waals surface area contributed by atoms with Gasteiger partial charge in [-0.15, -0.1) is 0 Å². The van der Waals surface area contributed by atoms with Gasteiger partial charge in [0.05, 0.1) is 4.90 Å². The molecule has 20 heavy (non-hydrogen) atoms. The standard InChI is InChI=1S/C14H10Br2O3S/c15-10-5-7-11(8-6-10)20(18,19)9-14(17)12-3-1-2-4-13(12)16/h1-8H,9H2. The first kappa shape index (κ1) is 15.4. The van der Waals surface area contributed by atoms with Crippen molar-refractivity contribution < 1.29 is 13.2 Å². The van der Waals surface area contributed by atoms with E-state index >= 15 is 0 Å². The van der Waals surface area contributed by atoms with Gasteiger partial charge < -0.3 is 0 Å². The van der Waals surface area contributed by atoms with Crippen LogP contribution in [0.5, 0.6) is 0 Å². The second-order valence-corrected chi connectivity index (χ2v) is 7.88. The SMILES string of the molecule is O=C(CS(=O)(=O)c1ccc(Br)cc1)c1ccccc1Br. The van der Waals surface area contributed by atoms with Crippen molar-refractivity contribution in [3.63, 3.8) is 0 Å². The van der Waals surface area contributed by atoms with Crippen molar-refractivity contribution in [3.8, 4) is 0 Å². The second-order valence-electron chi connectivity index (χ2n) is 4.12. The molecule has 0 fully saturated rings. The van der Waals surface area contributed by atoms with Crippen LogP contribution < -0.4 is 0 Å². The molecular weight excluding hydrogens is 408 g/mol. The van der Waals surface area contributed by atoms with Crippen LogP contribution in [0.3, 0.4) is 0 Å². The molecule has 0 aliphatic rings. The van der Waals surface area contributed by atoms with Crippen molar-refractivity contribution in [1.82, 2.24) is 0 Å². The van der Waals surface area contributed by atoms with Crippen LogP contribution in [0.1, 0.15) is 10.4 Å². The molecule has 0 unspecified atom stereocenters. The van der Waals surface area contributed by atoms with E-state index < -0.39 is 21.4 Å². The molecule has 0 heterocycles. The summed E-state index contributed by atoms with van der Waals surface area (Å²) in [5.74, 6) is -0.975. The third kappa shape index (κ3) is 3.56. The molecule has 0 radical (unpaired) electrons. The van der Waals surface area contributed by atoms with E-state index in [4.69, 9.17) is 0 Å². The lowest BCUT2D eigenvalue weighted by Crippen LogP contribution is -2.16. The van der Waals surface area contributed by atoms with Crippen LogP contribution in [0, 0.1) is 0 Å². The van der Waals surface area contributed by atoms with Crippen molar-refractivity contribution >= 4 is 47.5 Å². The average molecular weight is 418 g/mol. The van der Waals surface area contributed by atoms with Gasteiger partial charge in [0.1, 0.15) is 5.75 Å². The van der Waals surface area contributed by atoms with Crippen LogP contribution in [0.2, 0.25) is 0 Å². The Morgan fingerprint density at radius 2 is 1.55 bits per heavy atom. The smallest absolute Gasteiger partial charge is 0.185 e. The van der Waals surface area contributed by atoms with E-state index in [0.29, 0.717) is 10.0 Å². The molecule has 0 atom stereocenters. The number of rotatable bonds is 4. The molecule has 0 amide bonds. The van der Waals surface area contributed by atoms with Gasteiger partial charge in [-0.1, -0.05) is 50.1 Å². The lowest BCUT2D eigenvalue weighted by Gasteiger charge is -2.05. The van der Waals surface area contributed by atoms with Crippen molar-refractivity contribution in [2.75, 3.05) is 5.75 Å². The third-order valence-electron chi connectivity index (χ3n) is 2.67. The predicted molar refractivity (Wildman–Crippen MR) is 84.7 cm³/mol. The molecule has 2 rings (SSSR count). The third-order valence-corrected chi connectivity index (χ3v) is 5.52. The van der Waals surface area contributed by atoms with Gasteiger partial charge in [-0.25, -0.2) is 8.42 Å². The number of carbonyl (C=O) groups is 1. The number of halogens is 2. The molecular formula is C14H10Br2O3S. The van der Waals surface area contributed by atoms with Crippen LogP contribution in [0.15, 0.2) is 62.4 Å². The van der Waals surface area contributed by atoms with E-state index in [1.54, 1.807) is 36.4 Å². The zero-order valence-electron chi connectivity index (χ0n) is 10.2. The Morgan fingerprint density at radius 3 is 2.15 bits per heavy atom. The summed E-state index contributed by atoms with van der Waals surface area (Å²) in [5.41, 5.74) is 0.369. The molecule has 0 aliphatic heterocycles. The normalized spacial score (nSPS) is 11.3. The van der Waals surface area contributed by atoms with E-state index in [1.165, 1.54) is 12.1 Å². The molecule has 0 aliphatic carbocycles. The molecule has 0 saturated carbocycles. The Balaban J connectivity index is 2.27. The summed E-state index contributed by atoms with van der Waals surface area (Å²) < 4.78 is 25.8. The number of benzene rings is 2. The van der Waals surface area contributed by atoms with E-state index in [0.717, 1.165) is 4.47 Å². The fourth-order valence-electron chi connectivity index (χ4n) is 1.66. The van der Waals surface area contributed by atoms with Gasteiger partial charge in [0.15, 0.2) is 15.6 Å². The summed E-state index contributed by atoms with van der Waals surface area (Å²) in [6.07, 6.45) is 0. The quantitative estimate of drug-likeness (QED) is 0.709. The molecule has 0 spiro atoms. The van der Waals surface area contributed by atoms with E-state index in [9.17, 15) is 13.2 Å². The lowest BCUT2D eigenvalue weighted by molar-refractivity contribution is 0.102. The van der Waals surface area contributed by atoms with Gasteiger partial charge in [0, 0.05) is 14.5 Å². The maximum absolute atomic E-state index is 12.2. The number of hydrogen-bond donors (Lipinski definition) is 0. The maximum atomic E-state index is 12.2. The molecule has 0 aromatic heterocycles. The summed E-state index contributed by atoms with van der Waals surface area (Å²) in [6, 6.07) is 13.0. The van der Waals surface area contributed by atoms with Gasteiger partial charge in [-0.05, 0) is 30.3 Å². The Kier molecular flexibility index (Phi) is 4.78. The maximum Gasteiger partial charge on any atom is 0.185 e. The number of Topliss-reactive ketones (excluding diaryl/α,β-unsaturated/α-hetero) is 1. The molecule has 6 heteroatoms. The van der Waals surface area contributed by atoms with E-state index in [1.807, 2.05) is 0 Å². The Morgan fingerprint density at radius 1 is 0.950 bits per heavy atom. The van der Waals surface area contributed by atoms with Crippen molar-refractivity contribution in [2.24, 2.45) is 0 Å². The second kappa shape index (κ2) is 6.20. The molecule has 3 nitrogen and oxygen atoms in total. The minimum atomic E-state index is -3.63. The van der Waals surface area contributed by atoms with E-state index in [2.05, 4.69) is 31.9 Å². The number of ketones is 1. The molecule has 104 valence electrons. The highest BCUT2D eigenvalue weighted by Gasteiger charge is 2.21. The Bertz CT molecular complexity index is 737. The average Bonchev–Trinajstić information content (AvgIpc) is 2.39. The van der Waals surface area contributed by atoms with Gasteiger partial charge >= 0.3 is 0 Å². The molecule has 2 aromatic rings. The predicted octanol–water partition coefficient (Wildman–Crippen LogP) is 3.87. The van der Waals surface area contributed by atoms with E-state index in [-0.39, 0.29) is 4.90 Å². The highest BCUT2D eigenvalue weighted by atomic mass is 79.9. The summed E-state index contributed by atoms with van der Waals surface area (Å²) in [7, 11) is -3.63. The van der Waals surface area contributed by atoms with Crippen molar-refractivity contribution in [1.29, 1.82) is 0 Å². The first-order valence-corrected chi connectivity index (χ1v) is 8.90. The zero-order chi connectivity index (χ0) is 14.8. The van der Waals surface area contributed by atoms with Gasteiger partial charge in [0.25, 0.3) is 0 Å². The first-order chi connectivity index (χ1) is 9.40. The van der Waals surface area contributed by atoms with Crippen molar-refractivity contribution in [2.45, 2.75) is 4.90 Å². The summed E-state index contributed by atoms with van der Waals surface area (Å²) in [4.78, 5) is 12.2. The molecule has 0 saturated heterocycles. The highest BCUT2D eigenvalue weighted by Crippen LogP contribution is 2.20. The van der Waals surface area contributed by atoms with Crippen LogP contribution in [-0.4, -0.2) is 20.0 Å². The number of hydrogen-bond acceptors (Lipinski definition) is 3. The molecule has 0 N–H and O–H groups in total. The van der Waals surface area contributed by atoms with Crippen molar-refractivity contribution in [3.05, 3.63) is 63.0 Å². The van der Waals surface area contributed by atoms with Crippen LogP contribution in [-0.2, 0) is 9.84 Å². The first-order valence-electron chi connectivity index (χ1n) is 5.66.